The molecule has 1 saturated heterocycles. The number of hydrogen-bond acceptors (Lipinski definition) is 5. The van der Waals surface area contributed by atoms with E-state index in [1.165, 1.54) is 6.07 Å². The van der Waals surface area contributed by atoms with Crippen molar-refractivity contribution in [2.45, 2.75) is 31.8 Å². The first-order valence-electron chi connectivity index (χ1n) is 7.20. The van der Waals surface area contributed by atoms with Crippen LogP contribution in [-0.2, 0) is 6.54 Å². The number of piperidine rings is 1. The predicted molar refractivity (Wildman–Crippen MR) is 81.6 cm³/mol. The first-order valence-corrected chi connectivity index (χ1v) is 7.20. The molecule has 6 heteroatoms. The summed E-state index contributed by atoms with van der Waals surface area (Å²) in [4.78, 5) is 12.9. The second-order valence-electron chi connectivity index (χ2n) is 5.84. The van der Waals surface area contributed by atoms with Crippen molar-refractivity contribution in [3.63, 3.8) is 0 Å². The van der Waals surface area contributed by atoms with Crippen LogP contribution in [0.15, 0.2) is 18.2 Å². The van der Waals surface area contributed by atoms with Gasteiger partial charge in [-0.2, -0.15) is 0 Å². The summed E-state index contributed by atoms with van der Waals surface area (Å²) in [6.07, 6.45) is 2.14. The molecule has 0 unspecified atom stereocenters. The number of rotatable bonds is 5. The highest BCUT2D eigenvalue weighted by molar-refractivity contribution is 5.43. The fourth-order valence-electron chi connectivity index (χ4n) is 2.70. The lowest BCUT2D eigenvalue weighted by Gasteiger charge is -2.39. The number of hydrogen-bond donors (Lipinski definition) is 1. The van der Waals surface area contributed by atoms with Gasteiger partial charge in [0.2, 0.25) is 0 Å². The van der Waals surface area contributed by atoms with Crippen LogP contribution in [0.4, 0.5) is 5.69 Å². The number of nitro groups is 1. The highest BCUT2D eigenvalue weighted by Crippen LogP contribution is 2.28. The minimum Gasteiger partial charge on any atom is -0.496 e. The maximum Gasteiger partial charge on any atom is 0.270 e. The summed E-state index contributed by atoms with van der Waals surface area (Å²) in [5.74, 6) is 0.711. The topological polar surface area (TPSA) is 67.6 Å². The lowest BCUT2D eigenvalue weighted by molar-refractivity contribution is -0.385. The fourth-order valence-corrected chi connectivity index (χ4v) is 2.70. The Balaban J connectivity index is 2.09. The molecular formula is C15H23N3O3. The van der Waals surface area contributed by atoms with Crippen molar-refractivity contribution < 1.29 is 9.66 Å². The third-order valence-electron chi connectivity index (χ3n) is 4.43. The maximum absolute atomic E-state index is 10.9. The van der Waals surface area contributed by atoms with E-state index in [4.69, 9.17) is 4.74 Å². The minimum absolute atomic E-state index is 0.114. The van der Waals surface area contributed by atoms with Gasteiger partial charge in [0.25, 0.3) is 5.69 Å². The molecule has 0 aromatic heterocycles. The summed E-state index contributed by atoms with van der Waals surface area (Å²) < 4.78 is 5.32. The first kappa shape index (κ1) is 15.7. The van der Waals surface area contributed by atoms with Gasteiger partial charge in [0.15, 0.2) is 0 Å². The maximum atomic E-state index is 10.9. The molecule has 0 saturated carbocycles. The van der Waals surface area contributed by atoms with Gasteiger partial charge in [-0.05, 0) is 32.9 Å². The largest absolute Gasteiger partial charge is 0.496 e. The highest BCUT2D eigenvalue weighted by atomic mass is 16.6. The normalized spacial score (nSPS) is 18.4. The Morgan fingerprint density at radius 3 is 2.62 bits per heavy atom. The number of ether oxygens (including phenoxy) is 1. The van der Waals surface area contributed by atoms with Crippen LogP contribution in [0, 0.1) is 10.1 Å². The highest BCUT2D eigenvalue weighted by Gasteiger charge is 2.28. The van der Waals surface area contributed by atoms with E-state index in [2.05, 4.69) is 17.1 Å². The van der Waals surface area contributed by atoms with Crippen molar-refractivity contribution in [2.75, 3.05) is 27.2 Å². The van der Waals surface area contributed by atoms with Crippen LogP contribution < -0.4 is 10.1 Å². The molecule has 1 aliphatic rings. The minimum atomic E-state index is -0.364. The molecule has 6 nitrogen and oxygen atoms in total. The molecule has 1 heterocycles. The number of nitro benzene ring substituents is 1. The van der Waals surface area contributed by atoms with Crippen molar-refractivity contribution in [3.8, 4) is 5.75 Å². The lowest BCUT2D eigenvalue weighted by atomic mass is 9.90. The molecule has 0 radical (unpaired) electrons. The van der Waals surface area contributed by atoms with E-state index in [9.17, 15) is 10.1 Å². The molecule has 1 aliphatic heterocycles. The van der Waals surface area contributed by atoms with E-state index in [1.807, 2.05) is 7.05 Å². The first-order chi connectivity index (χ1) is 9.97. The second-order valence-corrected chi connectivity index (χ2v) is 5.84. The van der Waals surface area contributed by atoms with Crippen molar-refractivity contribution in [3.05, 3.63) is 33.9 Å². The average molecular weight is 293 g/mol. The monoisotopic (exact) mass is 293 g/mol. The Hall–Kier alpha value is -1.66. The molecule has 0 bridgehead atoms. The van der Waals surface area contributed by atoms with E-state index in [1.54, 1.807) is 19.2 Å². The van der Waals surface area contributed by atoms with E-state index in [0.29, 0.717) is 12.3 Å². The Morgan fingerprint density at radius 2 is 2.10 bits per heavy atom. The van der Waals surface area contributed by atoms with Gasteiger partial charge in [0.1, 0.15) is 5.75 Å². The van der Waals surface area contributed by atoms with E-state index < -0.39 is 0 Å². The molecule has 0 atom stereocenters. The zero-order valence-corrected chi connectivity index (χ0v) is 12.9. The summed E-state index contributed by atoms with van der Waals surface area (Å²) in [6, 6.07) is 4.77. The number of methoxy groups -OCH3 is 1. The van der Waals surface area contributed by atoms with Gasteiger partial charge in [0, 0.05) is 42.9 Å². The Labute approximate surface area is 125 Å². The molecule has 1 N–H and O–H groups in total. The number of nitrogens with zero attached hydrogens (tertiary/aromatic N) is 2. The zero-order chi connectivity index (χ0) is 15.5. The van der Waals surface area contributed by atoms with E-state index >= 15 is 0 Å². The quantitative estimate of drug-likeness (QED) is 0.665. The molecule has 21 heavy (non-hydrogen) atoms. The van der Waals surface area contributed by atoms with Crippen molar-refractivity contribution >= 4 is 5.69 Å². The van der Waals surface area contributed by atoms with Gasteiger partial charge in [-0.15, -0.1) is 0 Å². The van der Waals surface area contributed by atoms with Crippen LogP contribution in [-0.4, -0.2) is 42.6 Å². The van der Waals surface area contributed by atoms with Crippen molar-refractivity contribution in [2.24, 2.45) is 0 Å². The number of benzene rings is 1. The zero-order valence-electron chi connectivity index (χ0n) is 12.9. The van der Waals surface area contributed by atoms with Crippen LogP contribution >= 0.6 is 0 Å². The molecule has 1 aromatic carbocycles. The predicted octanol–water partition coefficient (Wildman–Crippen LogP) is 2.18. The molecule has 2 rings (SSSR count). The van der Waals surface area contributed by atoms with E-state index in [-0.39, 0.29) is 16.1 Å². The van der Waals surface area contributed by atoms with Crippen LogP contribution in [0.2, 0.25) is 0 Å². The number of non-ortho nitro benzene ring substituents is 1. The van der Waals surface area contributed by atoms with E-state index in [0.717, 1.165) is 31.5 Å². The Morgan fingerprint density at radius 1 is 1.43 bits per heavy atom. The van der Waals surface area contributed by atoms with Gasteiger partial charge < -0.3 is 10.1 Å². The summed E-state index contributed by atoms with van der Waals surface area (Å²) in [6.45, 7) is 4.87. The van der Waals surface area contributed by atoms with Gasteiger partial charge in [-0.1, -0.05) is 0 Å². The van der Waals surface area contributed by atoms with Crippen LogP contribution in [0.25, 0.3) is 0 Å². The smallest absolute Gasteiger partial charge is 0.270 e. The van der Waals surface area contributed by atoms with Gasteiger partial charge in [-0.3, -0.25) is 15.0 Å². The summed E-state index contributed by atoms with van der Waals surface area (Å²) in [7, 11) is 3.60. The van der Waals surface area contributed by atoms with Crippen LogP contribution in [0.3, 0.4) is 0 Å². The van der Waals surface area contributed by atoms with Crippen LogP contribution in [0.5, 0.6) is 5.75 Å². The lowest BCUT2D eigenvalue weighted by Crippen LogP contribution is -2.49. The number of likely N-dealkylation sites (tertiary alicyclic amines) is 1. The van der Waals surface area contributed by atoms with Crippen LogP contribution in [0.1, 0.15) is 25.3 Å². The molecule has 1 fully saturated rings. The molecule has 0 aliphatic carbocycles. The standard InChI is InChI=1S/C15H23N3O3/c1-15(16-2)6-8-17(9-7-15)11-12-10-13(18(19)20)4-5-14(12)21-3/h4-5,10,16H,6-9,11H2,1-3H3. The third kappa shape index (κ3) is 3.71. The third-order valence-corrected chi connectivity index (χ3v) is 4.43. The molecular weight excluding hydrogens is 270 g/mol. The van der Waals surface area contributed by atoms with Gasteiger partial charge >= 0.3 is 0 Å². The fraction of sp³-hybridized carbons (Fsp3) is 0.600. The molecule has 1 aromatic rings. The summed E-state index contributed by atoms with van der Waals surface area (Å²) in [5, 5.41) is 14.3. The van der Waals surface area contributed by atoms with Gasteiger partial charge in [0.05, 0.1) is 12.0 Å². The SMILES string of the molecule is CNC1(C)CCN(Cc2cc([N+](=O)[O-])ccc2OC)CC1. The van der Waals surface area contributed by atoms with Gasteiger partial charge in [-0.25, -0.2) is 0 Å². The number of nitrogens with one attached hydrogen (secondary N) is 1. The Bertz CT molecular complexity index is 511. The van der Waals surface area contributed by atoms with Crippen molar-refractivity contribution in [1.82, 2.24) is 10.2 Å². The molecule has 0 amide bonds. The second kappa shape index (κ2) is 6.41. The molecule has 0 spiro atoms. The van der Waals surface area contributed by atoms with Crippen molar-refractivity contribution in [1.29, 1.82) is 0 Å². The molecule has 116 valence electrons. The summed E-state index contributed by atoms with van der Waals surface area (Å²) >= 11 is 0. The average Bonchev–Trinajstić information content (AvgIpc) is 2.49. The Kier molecular flexibility index (Phi) is 4.80. The summed E-state index contributed by atoms with van der Waals surface area (Å²) in [5.41, 5.74) is 1.19.